The van der Waals surface area contributed by atoms with Crippen LogP contribution in [0.3, 0.4) is 0 Å². The van der Waals surface area contributed by atoms with Crippen LogP contribution in [0.1, 0.15) is 146 Å². The summed E-state index contributed by atoms with van der Waals surface area (Å²) in [5, 5.41) is 84.3. The molecule has 1 saturated heterocycles. The summed E-state index contributed by atoms with van der Waals surface area (Å²) in [4.78, 5) is 199. The smallest absolute Gasteiger partial charge is 0.412 e. The third kappa shape index (κ3) is 30.2. The monoisotopic (exact) mass is 1430 g/mol. The van der Waals surface area contributed by atoms with Gasteiger partial charge in [0, 0.05) is 18.9 Å². The van der Waals surface area contributed by atoms with Gasteiger partial charge in [-0.05, 0) is 94.1 Å². The van der Waals surface area contributed by atoms with Crippen molar-refractivity contribution in [3.05, 3.63) is 47.7 Å². The fourth-order valence-corrected chi connectivity index (χ4v) is 10.4. The molecule has 15 atom stereocenters. The summed E-state index contributed by atoms with van der Waals surface area (Å²) in [6, 6.07) is -10.7. The van der Waals surface area contributed by atoms with Crippen LogP contribution in [0.25, 0.3) is 0 Å². The molecule has 0 radical (unpaired) electrons. The number of ether oxygens (including phenoxy) is 1. The van der Waals surface area contributed by atoms with Gasteiger partial charge < -0.3 is 106 Å². The van der Waals surface area contributed by atoms with Crippen LogP contribution in [-0.4, -0.2) is 214 Å². The first-order valence-electron chi connectivity index (χ1n) is 33.7. The second-order valence-electron chi connectivity index (χ2n) is 26.7. The van der Waals surface area contributed by atoms with Gasteiger partial charge >= 0.3 is 6.09 Å². The van der Waals surface area contributed by atoms with Crippen molar-refractivity contribution in [2.24, 2.45) is 41.1 Å². The van der Waals surface area contributed by atoms with Crippen molar-refractivity contribution in [2.75, 3.05) is 26.2 Å². The highest BCUT2D eigenvalue weighted by Crippen LogP contribution is 2.27. The van der Waals surface area contributed by atoms with Crippen LogP contribution >= 0.6 is 0 Å². The number of hydrogen-bond donors (Lipinski definition) is 20. The predicted octanol–water partition coefficient (Wildman–Crippen LogP) is -3.96. The van der Waals surface area contributed by atoms with Crippen molar-refractivity contribution in [3.8, 4) is 0 Å². The zero-order chi connectivity index (χ0) is 76.7. The van der Waals surface area contributed by atoms with Gasteiger partial charge in [-0.1, -0.05) is 106 Å². The van der Waals surface area contributed by atoms with E-state index in [-0.39, 0.29) is 62.3 Å². The number of nitrogens with two attached hydrogens (primary N) is 2. The Labute approximate surface area is 588 Å². The minimum absolute atomic E-state index is 0.00401. The second-order valence-corrected chi connectivity index (χ2v) is 26.7. The molecule has 1 aromatic rings. The lowest BCUT2D eigenvalue weighted by atomic mass is 9.84. The number of guanidine groups is 1. The van der Waals surface area contributed by atoms with Crippen LogP contribution in [0.15, 0.2) is 42.2 Å². The average molecular weight is 1430 g/mol. The highest BCUT2D eigenvalue weighted by Gasteiger charge is 2.43. The molecule has 0 unspecified atom stereocenters. The Bertz CT molecular complexity index is 3060. The molecule has 0 spiro atoms. The standard InChI is InChI=1S/C66H108N16O19/c1-14-35(11)48-60(95)80-49(37(13)84)59(94)72-29-47(87)78-52(54(89)64(99)71-28-46(67)86)63(98)76-44(30-83)45(85)27-39(38-20-17-16-18-21-38)50(81-58(93)42(25-32(5)6)74-57(92)43(26-33(7)8)77-66(100)101-36(12)15-2)61(96)82-51(53(88)34(9)10)62(97)75-41(24-31(3)4)56(91)73-40(55(90)79-48)22-19-23-70-65(68)69/h15-18,20-21,31-35,37,39-44,48-54,83-84,88-89H,14,19,22-30H2,1-13H3,(H2,67,86)(H,71,99)(H,72,94)(H,73,91)(H,74,92)(H,75,97)(H,76,98)(H,77,100)(H,78,87)(H,79,90)(H,80,95)(H,81,93)(H,82,96)(H4,68,69,70)/b36-15+/t35-,37-,39+,40+,41-,42-,43+,44-,48-,49-,50-,51-,52-,53+,54-/m0/s1. The fourth-order valence-electron chi connectivity index (χ4n) is 10.4. The number of allylic oxidation sites excluding steroid dienone is 2. The van der Waals surface area contributed by atoms with Crippen LogP contribution in [0, 0.1) is 35.0 Å². The van der Waals surface area contributed by atoms with Gasteiger partial charge in [-0.2, -0.15) is 0 Å². The maximum absolute atomic E-state index is 15.7. The number of aliphatic hydroxyl groups excluding tert-OH is 4. The van der Waals surface area contributed by atoms with E-state index in [2.05, 4.69) is 58.5 Å². The average Bonchev–Trinajstić information content (AvgIpc) is 0.819. The zero-order valence-corrected chi connectivity index (χ0v) is 59.8. The minimum atomic E-state index is -2.65. The third-order valence-corrected chi connectivity index (χ3v) is 16.3. The molecule has 1 fully saturated rings. The molecule has 2 rings (SSSR count). The van der Waals surface area contributed by atoms with Gasteiger partial charge in [-0.15, -0.1) is 0 Å². The first kappa shape index (κ1) is 87.7. The minimum Gasteiger partial charge on any atom is -0.416 e. The van der Waals surface area contributed by atoms with Crippen molar-refractivity contribution in [1.29, 1.82) is 5.41 Å². The van der Waals surface area contributed by atoms with Crippen LogP contribution < -0.4 is 80.6 Å². The van der Waals surface area contributed by atoms with Crippen molar-refractivity contribution >= 4 is 88.7 Å². The van der Waals surface area contributed by atoms with Gasteiger partial charge in [0.2, 0.25) is 65.0 Å². The Morgan fingerprint density at radius 1 is 0.644 bits per heavy atom. The van der Waals surface area contributed by atoms with Crippen molar-refractivity contribution < 1.29 is 92.3 Å². The number of aliphatic hydroxyl groups is 4. The lowest BCUT2D eigenvalue weighted by Gasteiger charge is -2.34. The molecule has 0 aromatic heterocycles. The van der Waals surface area contributed by atoms with Crippen molar-refractivity contribution in [1.82, 2.24) is 69.1 Å². The van der Waals surface area contributed by atoms with E-state index in [1.54, 1.807) is 68.4 Å². The van der Waals surface area contributed by atoms with Gasteiger partial charge in [0.15, 0.2) is 17.8 Å². The van der Waals surface area contributed by atoms with Gasteiger partial charge in [-0.25, -0.2) is 4.79 Å². The Morgan fingerprint density at radius 2 is 1.19 bits per heavy atom. The van der Waals surface area contributed by atoms with Gasteiger partial charge in [0.1, 0.15) is 66.2 Å². The summed E-state index contributed by atoms with van der Waals surface area (Å²) in [6.45, 7) is 17.4. The SMILES string of the molecule is C/C=C(\C)OC(=O)N[C@H](CC(C)C)C(=O)N[C@@H](CC(C)C)C(=O)N[C@@H]1C(=O)N[C@@H]([C@H](O)C(C)C)C(=O)N[C@@H](CC(C)C)C(=O)N[C@H](CCCNC(=N)N)C(=O)N[C@@H]([C@@H](C)CC)C(=O)N[C@@H]([C@H](C)O)C(=O)NCC(=O)N[C@@H]([C@H](O)C(=O)NCC(N)=O)C(=O)N[C@@H](CO)C(=O)C[C@@H]1c1ccccc1. The number of carbonyl (C=O) groups is 14. The number of primary amides is 1. The number of rotatable bonds is 27. The number of Topliss-reactive ketones (excluding diaryl/α,β-unsaturated/α-hetero) is 1. The molecule has 35 heteroatoms. The zero-order valence-electron chi connectivity index (χ0n) is 59.8. The molecule has 1 aliphatic rings. The molecule has 35 nitrogen and oxygen atoms in total. The van der Waals surface area contributed by atoms with E-state index in [4.69, 9.17) is 21.6 Å². The fraction of sp³-hybridized carbons (Fsp3) is 0.652. The topological polar surface area (TPSA) is 561 Å². The lowest BCUT2D eigenvalue weighted by Crippen LogP contribution is -2.64. The summed E-state index contributed by atoms with van der Waals surface area (Å²) >= 11 is 0. The molecule has 1 heterocycles. The molecule has 0 bridgehead atoms. The van der Waals surface area contributed by atoms with Crippen LogP contribution in [0.4, 0.5) is 4.79 Å². The highest BCUT2D eigenvalue weighted by molar-refractivity contribution is 6.01. The molecule has 13 amide bonds. The first-order valence-corrected chi connectivity index (χ1v) is 33.7. The molecule has 566 valence electrons. The number of alkyl carbamates (subject to hydrolysis) is 1. The van der Waals surface area contributed by atoms with Crippen molar-refractivity contribution in [3.63, 3.8) is 0 Å². The van der Waals surface area contributed by atoms with Gasteiger partial charge in [-0.3, -0.25) is 67.7 Å². The second kappa shape index (κ2) is 43.3. The lowest BCUT2D eigenvalue weighted by molar-refractivity contribution is -0.141. The van der Waals surface area contributed by atoms with E-state index in [0.717, 1.165) is 6.92 Å². The number of benzene rings is 1. The van der Waals surface area contributed by atoms with Crippen LogP contribution in [-0.2, 0) is 67.1 Å². The maximum atomic E-state index is 15.7. The summed E-state index contributed by atoms with van der Waals surface area (Å²) in [7, 11) is 0. The molecule has 0 aliphatic carbocycles. The van der Waals surface area contributed by atoms with Gasteiger partial charge in [0.05, 0.1) is 31.9 Å². The predicted molar refractivity (Wildman–Crippen MR) is 367 cm³/mol. The molecular weight excluding hydrogens is 1320 g/mol. The Morgan fingerprint density at radius 3 is 1.72 bits per heavy atom. The first-order chi connectivity index (χ1) is 47.3. The third-order valence-electron chi connectivity index (χ3n) is 16.3. The normalized spacial score (nSPS) is 23.4. The maximum Gasteiger partial charge on any atom is 0.412 e. The molecule has 1 aromatic carbocycles. The number of amides is 13. The van der Waals surface area contributed by atoms with Crippen molar-refractivity contribution in [2.45, 2.75) is 220 Å². The Kier molecular flexibility index (Phi) is 37.7. The molecule has 1 aliphatic heterocycles. The largest absolute Gasteiger partial charge is 0.416 e. The quantitative estimate of drug-likeness (QED) is 0.0173. The summed E-state index contributed by atoms with van der Waals surface area (Å²) in [5.74, 6) is -19.9. The van der Waals surface area contributed by atoms with E-state index in [1.165, 1.54) is 51.1 Å². The Hall–Kier alpha value is -9.35. The van der Waals surface area contributed by atoms with Gasteiger partial charge in [0.25, 0.3) is 5.91 Å². The summed E-state index contributed by atoms with van der Waals surface area (Å²) in [6.07, 6.45) is -6.90. The molecule has 0 saturated carbocycles. The Balaban J connectivity index is 3.22. The van der Waals surface area contributed by atoms with E-state index < -0.39 is 223 Å². The highest BCUT2D eigenvalue weighted by atomic mass is 16.6. The number of hydrogen-bond acceptors (Lipinski definition) is 20. The number of carbonyl (C=O) groups excluding carboxylic acids is 14. The number of nitrogens with one attached hydrogen (secondary N) is 14. The molecule has 101 heavy (non-hydrogen) atoms. The van der Waals surface area contributed by atoms with E-state index in [1.807, 2.05) is 10.6 Å². The van der Waals surface area contributed by atoms with E-state index in [9.17, 15) is 73.2 Å². The van der Waals surface area contributed by atoms with E-state index >= 15 is 14.4 Å². The van der Waals surface area contributed by atoms with E-state index in [0.29, 0.717) is 0 Å². The molecular formula is C66H108N16O19. The molecule has 22 N–H and O–H groups in total. The van der Waals surface area contributed by atoms with Crippen LogP contribution in [0.5, 0.6) is 0 Å². The number of ketones is 1. The summed E-state index contributed by atoms with van der Waals surface area (Å²) in [5.41, 5.74) is 10.8. The van der Waals surface area contributed by atoms with Crippen LogP contribution in [0.2, 0.25) is 0 Å². The summed E-state index contributed by atoms with van der Waals surface area (Å²) < 4.78 is 5.26.